The number of fused-ring (bicyclic) bond motifs is 1. The van der Waals surface area contributed by atoms with Crippen molar-refractivity contribution in [2.24, 2.45) is 0 Å². The van der Waals surface area contributed by atoms with Gasteiger partial charge >= 0.3 is 0 Å². The van der Waals surface area contributed by atoms with Crippen LogP contribution in [0.5, 0.6) is 5.75 Å². The van der Waals surface area contributed by atoms with Crippen molar-refractivity contribution in [3.8, 4) is 5.75 Å². The van der Waals surface area contributed by atoms with Gasteiger partial charge in [-0.05, 0) is 55.2 Å². The van der Waals surface area contributed by atoms with Gasteiger partial charge in [-0.15, -0.1) is 0 Å². The number of nitrogens with zero attached hydrogens (tertiary/aromatic N) is 1. The van der Waals surface area contributed by atoms with Crippen molar-refractivity contribution in [3.05, 3.63) is 58.7 Å². The summed E-state index contributed by atoms with van der Waals surface area (Å²) in [5.41, 5.74) is 4.52. The molecule has 1 amide bonds. The molecule has 0 atom stereocenters. The molecule has 1 heterocycles. The molecule has 4 nitrogen and oxygen atoms in total. The summed E-state index contributed by atoms with van der Waals surface area (Å²) in [6.45, 7) is 4.45. The lowest BCUT2D eigenvalue weighted by atomic mass is 10.1. The SMILES string of the molecule is Cc1cc(C=O)cc(C)c1OCC(=O)N1CCc2ccccc21. The molecule has 2 aromatic rings. The second kappa shape index (κ2) is 6.24. The normalized spacial score (nSPS) is 12.9. The number of hydrogen-bond donors (Lipinski definition) is 0. The van der Waals surface area contributed by atoms with Gasteiger partial charge in [0.1, 0.15) is 12.0 Å². The molecule has 3 rings (SSSR count). The third kappa shape index (κ3) is 2.97. The molecule has 23 heavy (non-hydrogen) atoms. The Hall–Kier alpha value is -2.62. The van der Waals surface area contributed by atoms with Crippen LogP contribution in [0.15, 0.2) is 36.4 Å². The standard InChI is InChI=1S/C19H19NO3/c1-13-9-15(11-21)10-14(2)19(13)23-12-18(22)20-8-7-16-5-3-4-6-17(16)20/h3-6,9-11H,7-8,12H2,1-2H3. The summed E-state index contributed by atoms with van der Waals surface area (Å²) >= 11 is 0. The van der Waals surface area contributed by atoms with Crippen LogP contribution in [0.3, 0.4) is 0 Å². The maximum Gasteiger partial charge on any atom is 0.264 e. The molecule has 2 aromatic carbocycles. The first-order valence-electron chi connectivity index (χ1n) is 7.67. The lowest BCUT2D eigenvalue weighted by Crippen LogP contribution is -2.33. The number of ether oxygens (including phenoxy) is 1. The zero-order valence-electron chi connectivity index (χ0n) is 13.3. The summed E-state index contributed by atoms with van der Waals surface area (Å²) < 4.78 is 5.75. The molecule has 0 spiro atoms. The zero-order chi connectivity index (χ0) is 16.4. The molecule has 118 valence electrons. The van der Waals surface area contributed by atoms with E-state index in [0.29, 0.717) is 17.9 Å². The van der Waals surface area contributed by atoms with E-state index in [1.807, 2.05) is 32.0 Å². The van der Waals surface area contributed by atoms with Crippen LogP contribution in [0, 0.1) is 13.8 Å². The zero-order valence-corrected chi connectivity index (χ0v) is 13.3. The van der Waals surface area contributed by atoms with E-state index < -0.39 is 0 Å². The number of benzene rings is 2. The summed E-state index contributed by atoms with van der Waals surface area (Å²) in [4.78, 5) is 25.1. The minimum absolute atomic E-state index is 0.00352. The van der Waals surface area contributed by atoms with E-state index in [1.165, 1.54) is 5.56 Å². The quantitative estimate of drug-likeness (QED) is 0.815. The van der Waals surface area contributed by atoms with E-state index in [2.05, 4.69) is 6.07 Å². The predicted octanol–water partition coefficient (Wildman–Crippen LogP) is 3.08. The highest BCUT2D eigenvalue weighted by Crippen LogP contribution is 2.28. The average molecular weight is 309 g/mol. The van der Waals surface area contributed by atoms with Crippen LogP contribution in [0.1, 0.15) is 27.0 Å². The van der Waals surface area contributed by atoms with Crippen molar-refractivity contribution in [1.29, 1.82) is 0 Å². The Balaban J connectivity index is 1.72. The number of carbonyl (C=O) groups is 2. The second-order valence-corrected chi connectivity index (χ2v) is 5.81. The van der Waals surface area contributed by atoms with Gasteiger partial charge in [-0.3, -0.25) is 9.59 Å². The molecule has 0 bridgehead atoms. The van der Waals surface area contributed by atoms with Crippen molar-refractivity contribution >= 4 is 17.9 Å². The maximum atomic E-state index is 12.5. The van der Waals surface area contributed by atoms with E-state index >= 15 is 0 Å². The summed E-state index contributed by atoms with van der Waals surface area (Å²) in [5, 5.41) is 0. The Morgan fingerprint density at radius 3 is 2.61 bits per heavy atom. The van der Waals surface area contributed by atoms with E-state index in [-0.39, 0.29) is 12.5 Å². The minimum Gasteiger partial charge on any atom is -0.483 e. The van der Waals surface area contributed by atoms with Crippen molar-refractivity contribution in [3.63, 3.8) is 0 Å². The Morgan fingerprint density at radius 2 is 1.91 bits per heavy atom. The number of aryl methyl sites for hydroxylation is 2. The van der Waals surface area contributed by atoms with Gasteiger partial charge in [0.15, 0.2) is 6.61 Å². The van der Waals surface area contributed by atoms with Crippen molar-refractivity contribution < 1.29 is 14.3 Å². The monoisotopic (exact) mass is 309 g/mol. The van der Waals surface area contributed by atoms with Crippen LogP contribution in [-0.4, -0.2) is 25.3 Å². The average Bonchev–Trinajstić information content (AvgIpc) is 2.97. The Kier molecular flexibility index (Phi) is 4.15. The number of anilines is 1. The van der Waals surface area contributed by atoms with E-state index in [0.717, 1.165) is 29.5 Å². The fraction of sp³-hybridized carbons (Fsp3) is 0.263. The van der Waals surface area contributed by atoms with Gasteiger partial charge in [0.25, 0.3) is 5.91 Å². The van der Waals surface area contributed by atoms with Gasteiger partial charge < -0.3 is 9.64 Å². The fourth-order valence-corrected chi connectivity index (χ4v) is 3.09. The van der Waals surface area contributed by atoms with Gasteiger partial charge in [-0.25, -0.2) is 0 Å². The van der Waals surface area contributed by atoms with Gasteiger partial charge in [0.05, 0.1) is 0 Å². The molecule has 1 aliphatic heterocycles. The first-order chi connectivity index (χ1) is 11.1. The molecule has 1 aliphatic rings. The van der Waals surface area contributed by atoms with Crippen molar-refractivity contribution in [2.75, 3.05) is 18.1 Å². The van der Waals surface area contributed by atoms with Gasteiger partial charge in [0, 0.05) is 17.8 Å². The highest BCUT2D eigenvalue weighted by molar-refractivity contribution is 5.96. The van der Waals surface area contributed by atoms with Gasteiger partial charge in [0.2, 0.25) is 0 Å². The van der Waals surface area contributed by atoms with E-state index in [1.54, 1.807) is 17.0 Å². The Bertz CT molecular complexity index is 744. The van der Waals surface area contributed by atoms with Crippen LogP contribution >= 0.6 is 0 Å². The summed E-state index contributed by atoms with van der Waals surface area (Å²) in [6.07, 6.45) is 1.70. The number of rotatable bonds is 4. The number of aldehydes is 1. The number of carbonyl (C=O) groups excluding carboxylic acids is 2. The molecule has 0 N–H and O–H groups in total. The molecule has 0 aromatic heterocycles. The lowest BCUT2D eigenvalue weighted by molar-refractivity contribution is -0.120. The van der Waals surface area contributed by atoms with Crippen LogP contribution in [0.2, 0.25) is 0 Å². The highest BCUT2D eigenvalue weighted by Gasteiger charge is 2.24. The third-order valence-electron chi connectivity index (χ3n) is 4.15. The lowest BCUT2D eigenvalue weighted by Gasteiger charge is -2.19. The smallest absolute Gasteiger partial charge is 0.264 e. The van der Waals surface area contributed by atoms with Crippen LogP contribution < -0.4 is 9.64 Å². The van der Waals surface area contributed by atoms with Gasteiger partial charge in [-0.2, -0.15) is 0 Å². The first kappa shape index (κ1) is 15.3. The molecule has 0 unspecified atom stereocenters. The summed E-state index contributed by atoms with van der Waals surface area (Å²) in [6, 6.07) is 11.5. The fourth-order valence-electron chi connectivity index (χ4n) is 3.09. The number of para-hydroxylation sites is 1. The molecular weight excluding hydrogens is 290 g/mol. The topological polar surface area (TPSA) is 46.6 Å². The second-order valence-electron chi connectivity index (χ2n) is 5.81. The van der Waals surface area contributed by atoms with Crippen LogP contribution in [0.25, 0.3) is 0 Å². The molecule has 0 fully saturated rings. The number of hydrogen-bond acceptors (Lipinski definition) is 3. The van der Waals surface area contributed by atoms with Crippen LogP contribution in [0.4, 0.5) is 5.69 Å². The molecule has 4 heteroatoms. The van der Waals surface area contributed by atoms with Crippen molar-refractivity contribution in [1.82, 2.24) is 0 Å². The van der Waals surface area contributed by atoms with Gasteiger partial charge in [-0.1, -0.05) is 18.2 Å². The maximum absolute atomic E-state index is 12.5. The Morgan fingerprint density at radius 1 is 1.22 bits per heavy atom. The van der Waals surface area contributed by atoms with E-state index in [9.17, 15) is 9.59 Å². The highest BCUT2D eigenvalue weighted by atomic mass is 16.5. The number of amides is 1. The Labute approximate surface area is 135 Å². The third-order valence-corrected chi connectivity index (χ3v) is 4.15. The van der Waals surface area contributed by atoms with Crippen molar-refractivity contribution in [2.45, 2.75) is 20.3 Å². The summed E-state index contributed by atoms with van der Waals surface area (Å²) in [5.74, 6) is 0.629. The predicted molar refractivity (Wildman–Crippen MR) is 89.3 cm³/mol. The molecular formula is C19H19NO3. The molecule has 0 saturated heterocycles. The minimum atomic E-state index is -0.0480. The largest absolute Gasteiger partial charge is 0.483 e. The first-order valence-corrected chi connectivity index (χ1v) is 7.67. The molecule has 0 saturated carbocycles. The summed E-state index contributed by atoms with van der Waals surface area (Å²) in [7, 11) is 0. The van der Waals surface area contributed by atoms with E-state index in [4.69, 9.17) is 4.74 Å². The molecule has 0 aliphatic carbocycles. The molecule has 0 radical (unpaired) electrons. The van der Waals surface area contributed by atoms with Crippen LogP contribution in [-0.2, 0) is 11.2 Å².